The van der Waals surface area contributed by atoms with Gasteiger partial charge in [0.05, 0.1) is 26.0 Å². The number of carbonyl (C=O) groups excluding carboxylic acids is 2. The normalized spacial score (nSPS) is 19.8. The summed E-state index contributed by atoms with van der Waals surface area (Å²) in [7, 11) is 5.18. The van der Waals surface area contributed by atoms with E-state index in [4.69, 9.17) is 0 Å². The molecule has 0 spiro atoms. The highest BCUT2D eigenvalue weighted by Crippen LogP contribution is 2.19. The van der Waals surface area contributed by atoms with Crippen LogP contribution in [0.2, 0.25) is 0 Å². The fraction of sp³-hybridized carbons (Fsp3) is 0.727. The van der Waals surface area contributed by atoms with Crippen LogP contribution >= 0.6 is 0 Å². The average Bonchev–Trinajstić information content (AvgIpc) is 2.53. The Hall–Kier alpha value is -1.43. The average molecular weight is 241 g/mol. The van der Waals surface area contributed by atoms with Crippen LogP contribution in [-0.2, 0) is 14.3 Å². The topological polar surface area (TPSA) is 62.2 Å². The van der Waals surface area contributed by atoms with Gasteiger partial charge in [-0.1, -0.05) is 0 Å². The molecule has 0 saturated carbocycles. The van der Waals surface area contributed by atoms with Crippen molar-refractivity contribution >= 4 is 17.6 Å². The summed E-state index contributed by atoms with van der Waals surface area (Å²) in [5.41, 5.74) is 0.680. The molecule has 1 heterocycles. The molecule has 1 aliphatic heterocycles. The van der Waals surface area contributed by atoms with Gasteiger partial charge in [-0.3, -0.25) is 9.59 Å². The zero-order valence-electron chi connectivity index (χ0n) is 10.8. The second-order valence-corrected chi connectivity index (χ2v) is 4.34. The summed E-state index contributed by atoms with van der Waals surface area (Å²) in [6.45, 7) is 3.05. The maximum Gasteiger partial charge on any atom is 0.306 e. The molecule has 6 heteroatoms. The van der Waals surface area contributed by atoms with E-state index in [1.54, 1.807) is 6.92 Å². The SMILES string of the molecule is COC(=O)CC1C(=O)N(CCN(C)C)N=C1C. The lowest BCUT2D eigenvalue weighted by atomic mass is 10.0. The molecule has 0 aromatic rings. The molecule has 17 heavy (non-hydrogen) atoms. The van der Waals surface area contributed by atoms with Gasteiger partial charge in [-0.25, -0.2) is 5.01 Å². The van der Waals surface area contributed by atoms with Crippen molar-refractivity contribution in [2.45, 2.75) is 13.3 Å². The predicted octanol–water partition coefficient (Wildman–Crippen LogP) is -0.0546. The number of hydrogen-bond donors (Lipinski definition) is 0. The standard InChI is InChI=1S/C11H19N3O3/c1-8-9(7-10(15)17-4)11(16)14(12-8)6-5-13(2)3/h9H,5-7H2,1-4H3. The first-order valence-corrected chi connectivity index (χ1v) is 5.53. The van der Waals surface area contributed by atoms with Crippen LogP contribution in [0.5, 0.6) is 0 Å². The van der Waals surface area contributed by atoms with Crippen LogP contribution in [0.25, 0.3) is 0 Å². The molecule has 0 saturated heterocycles. The molecule has 0 radical (unpaired) electrons. The molecular formula is C11H19N3O3. The van der Waals surface area contributed by atoms with Gasteiger partial charge in [-0.05, 0) is 21.0 Å². The Balaban J connectivity index is 2.58. The molecule has 0 N–H and O–H groups in total. The number of hydrogen-bond acceptors (Lipinski definition) is 5. The lowest BCUT2D eigenvalue weighted by Gasteiger charge is -2.16. The smallest absolute Gasteiger partial charge is 0.306 e. The Labute approximate surface area is 101 Å². The van der Waals surface area contributed by atoms with E-state index < -0.39 is 5.92 Å². The Morgan fingerprint density at radius 1 is 1.53 bits per heavy atom. The van der Waals surface area contributed by atoms with Crippen molar-refractivity contribution in [3.8, 4) is 0 Å². The number of esters is 1. The minimum Gasteiger partial charge on any atom is -0.469 e. The molecule has 1 unspecified atom stereocenters. The van der Waals surface area contributed by atoms with Crippen molar-refractivity contribution in [2.75, 3.05) is 34.3 Å². The van der Waals surface area contributed by atoms with Crippen LogP contribution in [-0.4, -0.2) is 61.8 Å². The first-order chi connectivity index (χ1) is 7.95. The molecule has 1 atom stereocenters. The molecule has 0 bridgehead atoms. The van der Waals surface area contributed by atoms with Crippen LogP contribution in [0.4, 0.5) is 0 Å². The van der Waals surface area contributed by atoms with E-state index in [1.165, 1.54) is 12.1 Å². The minimum absolute atomic E-state index is 0.0726. The minimum atomic E-state index is -0.454. The Morgan fingerprint density at radius 2 is 2.18 bits per heavy atom. The van der Waals surface area contributed by atoms with Gasteiger partial charge >= 0.3 is 5.97 Å². The number of nitrogens with zero attached hydrogens (tertiary/aromatic N) is 3. The van der Waals surface area contributed by atoms with Crippen LogP contribution in [0, 0.1) is 5.92 Å². The molecule has 1 amide bonds. The van der Waals surface area contributed by atoms with Crippen molar-refractivity contribution in [1.29, 1.82) is 0 Å². The summed E-state index contributed by atoms with van der Waals surface area (Å²) >= 11 is 0. The van der Waals surface area contributed by atoms with E-state index in [0.29, 0.717) is 12.3 Å². The van der Waals surface area contributed by atoms with Gasteiger partial charge in [0.15, 0.2) is 0 Å². The van der Waals surface area contributed by atoms with E-state index in [-0.39, 0.29) is 18.3 Å². The molecule has 96 valence electrons. The number of amides is 1. The van der Waals surface area contributed by atoms with Crippen molar-refractivity contribution < 1.29 is 14.3 Å². The third kappa shape index (κ3) is 3.52. The molecule has 0 aromatic heterocycles. The third-order valence-electron chi connectivity index (χ3n) is 2.69. The summed E-state index contributed by atoms with van der Waals surface area (Å²) in [6, 6.07) is 0. The number of ether oxygens (including phenoxy) is 1. The first-order valence-electron chi connectivity index (χ1n) is 5.53. The zero-order chi connectivity index (χ0) is 13.0. The predicted molar refractivity (Wildman–Crippen MR) is 63.5 cm³/mol. The van der Waals surface area contributed by atoms with Crippen molar-refractivity contribution in [2.24, 2.45) is 11.0 Å². The van der Waals surface area contributed by atoms with Crippen molar-refractivity contribution in [1.82, 2.24) is 9.91 Å². The zero-order valence-corrected chi connectivity index (χ0v) is 10.8. The molecular weight excluding hydrogens is 222 g/mol. The monoisotopic (exact) mass is 241 g/mol. The van der Waals surface area contributed by atoms with Crippen LogP contribution in [0.3, 0.4) is 0 Å². The lowest BCUT2D eigenvalue weighted by molar-refractivity contribution is -0.144. The van der Waals surface area contributed by atoms with Gasteiger partial charge in [0.1, 0.15) is 0 Å². The van der Waals surface area contributed by atoms with Gasteiger partial charge in [-0.15, -0.1) is 0 Å². The molecule has 1 rings (SSSR count). The summed E-state index contributed by atoms with van der Waals surface area (Å²) in [6.07, 6.45) is 0.0726. The second kappa shape index (κ2) is 5.77. The van der Waals surface area contributed by atoms with Gasteiger partial charge in [-0.2, -0.15) is 5.10 Å². The Morgan fingerprint density at radius 3 is 2.71 bits per heavy atom. The molecule has 1 aliphatic rings. The summed E-state index contributed by atoms with van der Waals surface area (Å²) in [5.74, 6) is -0.952. The fourth-order valence-corrected chi connectivity index (χ4v) is 1.61. The van der Waals surface area contributed by atoms with Gasteiger partial charge in [0.25, 0.3) is 5.91 Å². The number of carbonyl (C=O) groups is 2. The van der Waals surface area contributed by atoms with Crippen LogP contribution in [0.15, 0.2) is 5.10 Å². The van der Waals surface area contributed by atoms with Crippen molar-refractivity contribution in [3.05, 3.63) is 0 Å². The maximum atomic E-state index is 12.0. The molecule has 0 fully saturated rings. The van der Waals surface area contributed by atoms with Gasteiger partial charge in [0, 0.05) is 12.3 Å². The lowest BCUT2D eigenvalue weighted by Crippen LogP contribution is -2.33. The quantitative estimate of drug-likeness (QED) is 0.633. The molecule has 0 aliphatic carbocycles. The van der Waals surface area contributed by atoms with Gasteiger partial charge < -0.3 is 9.64 Å². The van der Waals surface area contributed by atoms with E-state index in [2.05, 4.69) is 9.84 Å². The summed E-state index contributed by atoms with van der Waals surface area (Å²) in [5, 5.41) is 5.61. The maximum absolute atomic E-state index is 12.0. The third-order valence-corrected chi connectivity index (χ3v) is 2.69. The second-order valence-electron chi connectivity index (χ2n) is 4.34. The first kappa shape index (κ1) is 13.6. The summed E-state index contributed by atoms with van der Waals surface area (Å²) < 4.78 is 4.57. The fourth-order valence-electron chi connectivity index (χ4n) is 1.61. The van der Waals surface area contributed by atoms with E-state index in [9.17, 15) is 9.59 Å². The summed E-state index contributed by atoms with van der Waals surface area (Å²) in [4.78, 5) is 25.1. The van der Waals surface area contributed by atoms with E-state index in [1.807, 2.05) is 19.0 Å². The highest BCUT2D eigenvalue weighted by Gasteiger charge is 2.34. The number of hydrazone groups is 1. The van der Waals surface area contributed by atoms with Crippen molar-refractivity contribution in [3.63, 3.8) is 0 Å². The number of rotatable bonds is 5. The highest BCUT2D eigenvalue weighted by atomic mass is 16.5. The van der Waals surface area contributed by atoms with E-state index in [0.717, 1.165) is 6.54 Å². The molecule has 6 nitrogen and oxygen atoms in total. The van der Waals surface area contributed by atoms with Crippen LogP contribution in [0.1, 0.15) is 13.3 Å². The molecule has 0 aromatic carbocycles. The number of likely N-dealkylation sites (N-methyl/N-ethyl adjacent to an activating group) is 1. The van der Waals surface area contributed by atoms with Gasteiger partial charge in [0.2, 0.25) is 0 Å². The Bertz CT molecular complexity index is 339. The van der Waals surface area contributed by atoms with E-state index >= 15 is 0 Å². The highest BCUT2D eigenvalue weighted by molar-refractivity contribution is 6.08. The number of methoxy groups -OCH3 is 1. The van der Waals surface area contributed by atoms with Crippen LogP contribution < -0.4 is 0 Å². The largest absolute Gasteiger partial charge is 0.469 e. The Kier molecular flexibility index (Phi) is 4.62.